The first-order valence-electron chi connectivity index (χ1n) is 7.93. The molecule has 0 saturated carbocycles. The second-order valence-corrected chi connectivity index (χ2v) is 5.67. The Balaban J connectivity index is 1.67. The van der Waals surface area contributed by atoms with Crippen molar-refractivity contribution in [2.45, 2.75) is 6.42 Å². The van der Waals surface area contributed by atoms with Crippen molar-refractivity contribution in [3.8, 4) is 17.1 Å². The third kappa shape index (κ3) is 3.23. The van der Waals surface area contributed by atoms with Gasteiger partial charge < -0.3 is 0 Å². The SMILES string of the molecule is N=c1ccn(-c2ccccc2)nc1Cc1cccc(-c2ncn[nH]2)c1. The summed E-state index contributed by atoms with van der Waals surface area (Å²) in [4.78, 5) is 4.18. The van der Waals surface area contributed by atoms with E-state index >= 15 is 0 Å². The summed E-state index contributed by atoms with van der Waals surface area (Å²) in [6.45, 7) is 0. The van der Waals surface area contributed by atoms with Gasteiger partial charge in [0.15, 0.2) is 5.82 Å². The first-order chi connectivity index (χ1) is 12.3. The minimum absolute atomic E-state index is 0.428. The molecule has 0 spiro atoms. The van der Waals surface area contributed by atoms with E-state index in [2.05, 4.69) is 20.3 Å². The van der Waals surface area contributed by atoms with Gasteiger partial charge in [-0.15, -0.1) is 0 Å². The highest BCUT2D eigenvalue weighted by atomic mass is 15.3. The molecular formula is C19H16N6. The molecule has 0 unspecified atom stereocenters. The topological polar surface area (TPSA) is 83.2 Å². The summed E-state index contributed by atoms with van der Waals surface area (Å²) in [5.74, 6) is 0.730. The van der Waals surface area contributed by atoms with Crippen molar-refractivity contribution in [3.05, 3.63) is 89.8 Å². The molecule has 0 fully saturated rings. The van der Waals surface area contributed by atoms with E-state index in [1.54, 1.807) is 10.7 Å². The van der Waals surface area contributed by atoms with Gasteiger partial charge in [-0.3, -0.25) is 10.5 Å². The van der Waals surface area contributed by atoms with Crippen molar-refractivity contribution >= 4 is 0 Å². The Morgan fingerprint density at radius 1 is 1.00 bits per heavy atom. The summed E-state index contributed by atoms with van der Waals surface area (Å²) >= 11 is 0. The van der Waals surface area contributed by atoms with E-state index in [1.165, 1.54) is 6.33 Å². The van der Waals surface area contributed by atoms with Crippen LogP contribution in [0.25, 0.3) is 17.1 Å². The van der Waals surface area contributed by atoms with E-state index in [1.807, 2.05) is 60.8 Å². The van der Waals surface area contributed by atoms with Gasteiger partial charge in [0.05, 0.1) is 16.7 Å². The fourth-order valence-electron chi connectivity index (χ4n) is 2.68. The fourth-order valence-corrected chi connectivity index (χ4v) is 2.68. The molecule has 2 heterocycles. The van der Waals surface area contributed by atoms with Gasteiger partial charge in [0.2, 0.25) is 0 Å². The minimum atomic E-state index is 0.428. The average molecular weight is 328 g/mol. The van der Waals surface area contributed by atoms with E-state index in [-0.39, 0.29) is 0 Å². The molecule has 0 aliphatic heterocycles. The van der Waals surface area contributed by atoms with Crippen molar-refractivity contribution in [1.29, 1.82) is 5.41 Å². The van der Waals surface area contributed by atoms with Crippen LogP contribution >= 0.6 is 0 Å². The highest BCUT2D eigenvalue weighted by molar-refractivity contribution is 5.55. The normalized spacial score (nSPS) is 10.7. The van der Waals surface area contributed by atoms with Crippen molar-refractivity contribution in [2.75, 3.05) is 0 Å². The Labute approximate surface area is 144 Å². The summed E-state index contributed by atoms with van der Waals surface area (Å²) < 4.78 is 1.80. The zero-order valence-electron chi connectivity index (χ0n) is 13.4. The standard InChI is InChI=1S/C19H16N6/c20-17-9-10-25(16-7-2-1-3-8-16)24-18(17)12-14-5-4-6-15(11-14)19-21-13-22-23-19/h1-11,13,20H,12H2,(H,21,22,23). The van der Waals surface area contributed by atoms with Crippen LogP contribution < -0.4 is 5.36 Å². The monoisotopic (exact) mass is 328 g/mol. The van der Waals surface area contributed by atoms with Crippen LogP contribution in [0, 0.1) is 5.41 Å². The molecule has 2 aromatic heterocycles. The lowest BCUT2D eigenvalue weighted by atomic mass is 10.1. The van der Waals surface area contributed by atoms with Gasteiger partial charge in [-0.1, -0.05) is 36.4 Å². The molecule has 6 nitrogen and oxygen atoms in total. The van der Waals surface area contributed by atoms with Crippen molar-refractivity contribution in [2.24, 2.45) is 0 Å². The van der Waals surface area contributed by atoms with Crippen molar-refractivity contribution in [1.82, 2.24) is 25.0 Å². The van der Waals surface area contributed by atoms with Crippen LogP contribution in [0.2, 0.25) is 0 Å². The lowest BCUT2D eigenvalue weighted by Crippen LogP contribution is -2.16. The number of H-pyrrole nitrogens is 1. The van der Waals surface area contributed by atoms with Crippen LogP contribution in [0.3, 0.4) is 0 Å². The number of aromatic nitrogens is 5. The summed E-state index contributed by atoms with van der Waals surface area (Å²) in [7, 11) is 0. The minimum Gasteiger partial charge on any atom is -0.299 e. The molecule has 122 valence electrons. The van der Waals surface area contributed by atoms with Gasteiger partial charge in [-0.2, -0.15) is 10.2 Å². The van der Waals surface area contributed by atoms with Crippen molar-refractivity contribution < 1.29 is 0 Å². The van der Waals surface area contributed by atoms with E-state index in [4.69, 9.17) is 5.41 Å². The summed E-state index contributed by atoms with van der Waals surface area (Å²) in [6.07, 6.45) is 3.88. The number of nitrogens with one attached hydrogen (secondary N) is 2. The average Bonchev–Trinajstić information content (AvgIpc) is 3.19. The molecule has 25 heavy (non-hydrogen) atoms. The lowest BCUT2D eigenvalue weighted by molar-refractivity contribution is 0.782. The number of aromatic amines is 1. The predicted molar refractivity (Wildman–Crippen MR) is 94.0 cm³/mol. The van der Waals surface area contributed by atoms with Gasteiger partial charge in [0, 0.05) is 18.2 Å². The van der Waals surface area contributed by atoms with Gasteiger partial charge in [0.25, 0.3) is 0 Å². The van der Waals surface area contributed by atoms with E-state index < -0.39 is 0 Å². The summed E-state index contributed by atoms with van der Waals surface area (Å²) in [5.41, 5.74) is 3.73. The quantitative estimate of drug-likeness (QED) is 0.604. The van der Waals surface area contributed by atoms with Crippen LogP contribution in [0.15, 0.2) is 73.2 Å². The Bertz CT molecular complexity index is 1030. The van der Waals surface area contributed by atoms with Crippen molar-refractivity contribution in [3.63, 3.8) is 0 Å². The second kappa shape index (κ2) is 6.52. The molecule has 0 aliphatic rings. The van der Waals surface area contributed by atoms with Crippen LogP contribution in [0.5, 0.6) is 0 Å². The zero-order valence-corrected chi connectivity index (χ0v) is 13.4. The molecule has 6 heteroatoms. The number of hydrogen-bond donors (Lipinski definition) is 2. The van der Waals surface area contributed by atoms with Crippen LogP contribution in [-0.2, 0) is 6.42 Å². The zero-order chi connectivity index (χ0) is 17.1. The number of para-hydroxylation sites is 1. The second-order valence-electron chi connectivity index (χ2n) is 5.67. The molecule has 0 atom stereocenters. The lowest BCUT2D eigenvalue weighted by Gasteiger charge is -2.09. The number of benzene rings is 2. The molecular weight excluding hydrogens is 312 g/mol. The third-order valence-electron chi connectivity index (χ3n) is 3.93. The maximum absolute atomic E-state index is 8.17. The molecule has 4 aromatic rings. The first-order valence-corrected chi connectivity index (χ1v) is 7.93. The smallest absolute Gasteiger partial charge is 0.155 e. The maximum Gasteiger partial charge on any atom is 0.155 e. The Hall–Kier alpha value is -3.54. The summed E-state index contributed by atoms with van der Waals surface area (Å²) in [6, 6.07) is 19.7. The first kappa shape index (κ1) is 15.0. The van der Waals surface area contributed by atoms with Crippen LogP contribution in [0.4, 0.5) is 0 Å². The Morgan fingerprint density at radius 3 is 2.68 bits per heavy atom. The number of nitrogens with zero attached hydrogens (tertiary/aromatic N) is 4. The Kier molecular flexibility index (Phi) is 3.92. The van der Waals surface area contributed by atoms with Gasteiger partial charge >= 0.3 is 0 Å². The fraction of sp³-hybridized carbons (Fsp3) is 0.0526. The maximum atomic E-state index is 8.17. The van der Waals surface area contributed by atoms with Gasteiger partial charge in [-0.05, 0) is 29.8 Å². The molecule has 2 N–H and O–H groups in total. The molecule has 0 radical (unpaired) electrons. The van der Waals surface area contributed by atoms with Crippen LogP contribution in [0.1, 0.15) is 11.3 Å². The Morgan fingerprint density at radius 2 is 1.88 bits per heavy atom. The van der Waals surface area contributed by atoms with E-state index in [9.17, 15) is 0 Å². The number of rotatable bonds is 4. The molecule has 0 aliphatic carbocycles. The molecule has 0 saturated heterocycles. The largest absolute Gasteiger partial charge is 0.299 e. The molecule has 0 bridgehead atoms. The highest BCUT2D eigenvalue weighted by Crippen LogP contribution is 2.16. The molecule has 0 amide bonds. The van der Waals surface area contributed by atoms with Gasteiger partial charge in [0.1, 0.15) is 6.33 Å². The number of hydrogen-bond acceptors (Lipinski definition) is 4. The predicted octanol–water partition coefficient (Wildman–Crippen LogP) is 2.73. The molecule has 2 aromatic carbocycles. The molecule has 4 rings (SSSR count). The third-order valence-corrected chi connectivity index (χ3v) is 3.93. The highest BCUT2D eigenvalue weighted by Gasteiger charge is 2.06. The summed E-state index contributed by atoms with van der Waals surface area (Å²) in [5, 5.41) is 20.0. The van der Waals surface area contributed by atoms with Crippen LogP contribution in [-0.4, -0.2) is 25.0 Å². The van der Waals surface area contributed by atoms with Gasteiger partial charge in [-0.25, -0.2) is 9.67 Å². The van der Waals surface area contributed by atoms with E-state index in [0.717, 1.165) is 28.3 Å². The van der Waals surface area contributed by atoms with E-state index in [0.29, 0.717) is 11.8 Å².